The van der Waals surface area contributed by atoms with Crippen LogP contribution < -0.4 is 0 Å². The molecule has 0 fully saturated rings. The Labute approximate surface area is 322 Å². The highest BCUT2D eigenvalue weighted by Crippen LogP contribution is 2.36. The van der Waals surface area contributed by atoms with Gasteiger partial charge in [0, 0.05) is 29.4 Å². The third-order valence-corrected chi connectivity index (χ3v) is 12.6. The van der Waals surface area contributed by atoms with Crippen molar-refractivity contribution in [2.75, 3.05) is 0 Å². The molecule has 0 saturated carbocycles. The minimum Gasteiger partial charge on any atom is -0.247 e. The van der Waals surface area contributed by atoms with Gasteiger partial charge in [0.1, 0.15) is 0 Å². The largest absolute Gasteiger partial charge is 0.247 e. The van der Waals surface area contributed by atoms with Crippen LogP contribution in [0.15, 0.2) is 199 Å². The van der Waals surface area contributed by atoms with E-state index in [1.807, 2.05) is 18.2 Å². The van der Waals surface area contributed by atoms with Crippen molar-refractivity contribution < 1.29 is 0 Å². The first-order valence-corrected chi connectivity index (χ1v) is 20.0. The first-order chi connectivity index (χ1) is 26.7. The van der Waals surface area contributed by atoms with Crippen LogP contribution in [-0.2, 0) is 0 Å². The van der Waals surface area contributed by atoms with Crippen LogP contribution in [0.5, 0.6) is 0 Å². The molecule has 54 heavy (non-hydrogen) atoms. The molecule has 256 valence electrons. The maximum absolute atomic E-state index is 5.29. The molecule has 0 unspecified atom stereocenters. The van der Waals surface area contributed by atoms with Crippen molar-refractivity contribution in [1.29, 1.82) is 0 Å². The molecule has 0 radical (unpaired) electrons. The molecule has 6 nitrogen and oxygen atoms in total. The molecule has 4 aromatic heterocycles. The summed E-state index contributed by atoms with van der Waals surface area (Å²) in [4.78, 5) is 22.9. The van der Waals surface area contributed by atoms with E-state index in [9.17, 15) is 0 Å². The van der Waals surface area contributed by atoms with Crippen molar-refractivity contribution in [2.24, 2.45) is 0 Å². The van der Waals surface area contributed by atoms with E-state index in [4.69, 9.17) is 15.0 Å². The molecule has 0 aliphatic heterocycles. The van der Waals surface area contributed by atoms with Gasteiger partial charge in [-0.1, -0.05) is 108 Å². The van der Waals surface area contributed by atoms with Gasteiger partial charge < -0.3 is 0 Å². The van der Waals surface area contributed by atoms with Crippen molar-refractivity contribution >= 4 is 85.7 Å². The highest BCUT2D eigenvalue weighted by atomic mass is 32.2. The third-order valence-electron chi connectivity index (χ3n) is 9.58. The molecule has 7 aromatic carbocycles. The van der Waals surface area contributed by atoms with Crippen LogP contribution in [0.1, 0.15) is 0 Å². The van der Waals surface area contributed by atoms with Crippen LogP contribution in [-0.4, -0.2) is 28.2 Å². The summed E-state index contributed by atoms with van der Waals surface area (Å²) in [5.41, 5.74) is 7.95. The Balaban J connectivity index is 1.13. The average Bonchev–Trinajstić information content (AvgIpc) is 3.90. The summed E-state index contributed by atoms with van der Waals surface area (Å²) in [6.07, 6.45) is 0. The SMILES string of the molecule is c1ccc(Sc2ccc(-c3ccc4nc5n6c7cc(Sc8ccccc8)ccc7nc6n6c7cc(Sc8ccccc8)ccc7nc6n5c4c3)cc2)cc1. The van der Waals surface area contributed by atoms with Gasteiger partial charge >= 0.3 is 0 Å². The van der Waals surface area contributed by atoms with E-state index in [0.29, 0.717) is 0 Å². The van der Waals surface area contributed by atoms with Gasteiger partial charge in [0.25, 0.3) is 0 Å². The van der Waals surface area contributed by atoms with Crippen LogP contribution >= 0.6 is 35.3 Å². The van der Waals surface area contributed by atoms with Crippen LogP contribution in [0, 0.1) is 0 Å². The highest BCUT2D eigenvalue weighted by molar-refractivity contribution is 7.99. The van der Waals surface area contributed by atoms with Crippen LogP contribution in [0.3, 0.4) is 0 Å². The molecule has 9 heteroatoms. The number of nitrogens with zero attached hydrogens (tertiary/aromatic N) is 6. The second kappa shape index (κ2) is 12.8. The lowest BCUT2D eigenvalue weighted by molar-refractivity contribution is 1.01. The van der Waals surface area contributed by atoms with E-state index >= 15 is 0 Å². The number of imidazole rings is 3. The Kier molecular flexibility index (Phi) is 7.50. The molecule has 0 bridgehead atoms. The van der Waals surface area contributed by atoms with Crippen molar-refractivity contribution in [3.8, 4) is 11.1 Å². The van der Waals surface area contributed by atoms with Gasteiger partial charge in [0.2, 0.25) is 17.3 Å². The Hall–Kier alpha value is -6.00. The minimum atomic E-state index is 0.776. The summed E-state index contributed by atoms with van der Waals surface area (Å²) in [6.45, 7) is 0. The Bertz CT molecular complexity index is 3090. The zero-order valence-electron chi connectivity index (χ0n) is 28.6. The predicted molar refractivity (Wildman–Crippen MR) is 222 cm³/mol. The van der Waals surface area contributed by atoms with Crippen LogP contribution in [0.25, 0.3) is 61.6 Å². The summed E-state index contributed by atoms with van der Waals surface area (Å²) in [5, 5.41) is 0. The first kappa shape index (κ1) is 31.5. The molecule has 0 amide bonds. The molecule has 11 rings (SSSR count). The lowest BCUT2D eigenvalue weighted by atomic mass is 10.1. The second-order valence-corrected chi connectivity index (χ2v) is 16.5. The fraction of sp³-hybridized carbons (Fsp3) is 0. The Morgan fingerprint density at radius 1 is 0.296 bits per heavy atom. The van der Waals surface area contributed by atoms with Gasteiger partial charge in [-0.05, 0) is 108 Å². The van der Waals surface area contributed by atoms with Crippen molar-refractivity contribution in [3.05, 3.63) is 170 Å². The second-order valence-electron chi connectivity index (χ2n) is 13.0. The Morgan fingerprint density at radius 3 is 1.07 bits per heavy atom. The van der Waals surface area contributed by atoms with E-state index in [2.05, 4.69) is 165 Å². The molecule has 11 aromatic rings. The molecule has 0 saturated heterocycles. The molecule has 4 heterocycles. The fourth-order valence-corrected chi connectivity index (χ4v) is 9.67. The number of fused-ring (bicyclic) bond motifs is 12. The molecule has 0 spiro atoms. The first-order valence-electron chi connectivity index (χ1n) is 17.6. The van der Waals surface area contributed by atoms with Crippen molar-refractivity contribution in [3.63, 3.8) is 0 Å². The monoisotopic (exact) mass is 748 g/mol. The number of aromatic nitrogens is 6. The third kappa shape index (κ3) is 5.43. The van der Waals surface area contributed by atoms with Gasteiger partial charge in [-0.2, -0.15) is 0 Å². The summed E-state index contributed by atoms with van der Waals surface area (Å²) in [6, 6.07) is 59.8. The zero-order valence-corrected chi connectivity index (χ0v) is 31.0. The zero-order chi connectivity index (χ0) is 35.6. The number of benzene rings is 7. The summed E-state index contributed by atoms with van der Waals surface area (Å²) >= 11 is 5.26. The number of hydrogen-bond acceptors (Lipinski definition) is 6. The van der Waals surface area contributed by atoms with E-state index in [1.54, 1.807) is 35.3 Å². The normalized spacial score (nSPS) is 11.9. The van der Waals surface area contributed by atoms with E-state index in [1.165, 1.54) is 19.6 Å². The molecule has 0 atom stereocenters. The van der Waals surface area contributed by atoms with E-state index < -0.39 is 0 Å². The van der Waals surface area contributed by atoms with Crippen molar-refractivity contribution in [1.82, 2.24) is 28.2 Å². The fourth-order valence-electron chi connectivity index (χ4n) is 7.08. The summed E-state index contributed by atoms with van der Waals surface area (Å²) in [5.74, 6) is 2.33. The highest BCUT2D eigenvalue weighted by Gasteiger charge is 2.22. The quantitative estimate of drug-likeness (QED) is 0.162. The van der Waals surface area contributed by atoms with Gasteiger partial charge in [-0.3, -0.25) is 0 Å². The summed E-state index contributed by atoms with van der Waals surface area (Å²) in [7, 11) is 0. The van der Waals surface area contributed by atoms with Gasteiger partial charge in [-0.25, -0.2) is 28.2 Å². The number of rotatable bonds is 7. The van der Waals surface area contributed by atoms with E-state index in [0.717, 1.165) is 71.4 Å². The van der Waals surface area contributed by atoms with E-state index in [-0.39, 0.29) is 0 Å². The number of hydrogen-bond donors (Lipinski definition) is 0. The molecule has 0 aliphatic rings. The molecule has 0 aliphatic carbocycles. The molecular formula is C45H28N6S3. The standard InChI is InChI=1S/C45H28N6S3/c1-4-10-31(11-5-1)52-34-19-16-29(17-20-34)30-18-23-37-40(26-30)49-43(46-37)50-42-28-36(54-33-14-8-3-9-15-33)22-25-39(42)48-45(50)51-41-27-35(21-24-38(41)47-44(49)51)53-32-12-6-2-7-13-32/h1-28H. The minimum absolute atomic E-state index is 0.776. The maximum atomic E-state index is 5.29. The van der Waals surface area contributed by atoms with Crippen molar-refractivity contribution in [2.45, 2.75) is 29.4 Å². The molecular weight excluding hydrogens is 721 g/mol. The lowest BCUT2D eigenvalue weighted by Gasteiger charge is -2.07. The average molecular weight is 749 g/mol. The smallest absolute Gasteiger partial charge is 0.225 e. The predicted octanol–water partition coefficient (Wildman–Crippen LogP) is 12.2. The van der Waals surface area contributed by atoms with Gasteiger partial charge in [0.05, 0.1) is 33.1 Å². The lowest BCUT2D eigenvalue weighted by Crippen LogP contribution is -2.04. The van der Waals surface area contributed by atoms with Gasteiger partial charge in [-0.15, -0.1) is 0 Å². The molecule has 0 N–H and O–H groups in total. The topological polar surface area (TPSA) is 51.9 Å². The summed E-state index contributed by atoms with van der Waals surface area (Å²) < 4.78 is 6.60. The van der Waals surface area contributed by atoms with Crippen LogP contribution in [0.2, 0.25) is 0 Å². The van der Waals surface area contributed by atoms with Gasteiger partial charge in [0.15, 0.2) is 0 Å². The van der Waals surface area contributed by atoms with Crippen LogP contribution in [0.4, 0.5) is 0 Å². The Morgan fingerprint density at radius 2 is 0.630 bits per heavy atom. The maximum Gasteiger partial charge on any atom is 0.225 e.